The molecule has 8 nitrogen and oxygen atoms in total. The number of piperidine rings is 1. The highest BCUT2D eigenvalue weighted by molar-refractivity contribution is 5.85. The quantitative estimate of drug-likeness (QED) is 0.784. The minimum atomic E-state index is 0. The predicted octanol–water partition coefficient (Wildman–Crippen LogP) is 1.20. The first-order valence-electron chi connectivity index (χ1n) is 9.99. The fraction of sp³-hybridized carbons (Fsp3) is 0.737. The minimum absolute atomic E-state index is 0. The van der Waals surface area contributed by atoms with Crippen LogP contribution in [0.15, 0.2) is 6.07 Å². The highest BCUT2D eigenvalue weighted by Crippen LogP contribution is 2.58. The number of fused-ring (bicyclic) bond motifs is 1. The first-order chi connectivity index (χ1) is 13.0. The van der Waals surface area contributed by atoms with E-state index in [0.717, 1.165) is 63.3 Å². The SMILES string of the molecule is CN(C)C(=O)N1CCCn2nc(CNC(=O)C3CC34CCNCC4)cc2C1.Cl. The van der Waals surface area contributed by atoms with Gasteiger partial charge >= 0.3 is 6.03 Å². The molecule has 1 aliphatic carbocycles. The number of aryl methyl sites for hydroxylation is 1. The van der Waals surface area contributed by atoms with Crippen molar-refractivity contribution in [2.24, 2.45) is 11.3 Å². The molecule has 2 N–H and O–H groups in total. The van der Waals surface area contributed by atoms with Crippen molar-refractivity contribution in [3.63, 3.8) is 0 Å². The molecule has 0 bridgehead atoms. The van der Waals surface area contributed by atoms with Gasteiger partial charge in [0.05, 0.1) is 24.5 Å². The van der Waals surface area contributed by atoms with Crippen LogP contribution in [0, 0.1) is 11.3 Å². The number of carbonyl (C=O) groups excluding carboxylic acids is 2. The summed E-state index contributed by atoms with van der Waals surface area (Å²) in [6, 6.07) is 2.05. The first-order valence-corrected chi connectivity index (χ1v) is 9.99. The summed E-state index contributed by atoms with van der Waals surface area (Å²) in [5.74, 6) is 0.345. The van der Waals surface area contributed by atoms with Gasteiger partial charge in [0.15, 0.2) is 0 Å². The Balaban J connectivity index is 0.00000225. The van der Waals surface area contributed by atoms with Gasteiger partial charge in [-0.1, -0.05) is 0 Å². The van der Waals surface area contributed by atoms with E-state index in [0.29, 0.717) is 13.1 Å². The molecule has 3 aliphatic rings. The third-order valence-electron chi connectivity index (χ3n) is 6.27. The summed E-state index contributed by atoms with van der Waals surface area (Å²) in [6.07, 6.45) is 4.14. The Morgan fingerprint density at radius 1 is 1.32 bits per heavy atom. The molecule has 3 amide bonds. The van der Waals surface area contributed by atoms with Crippen LogP contribution in [0.4, 0.5) is 4.79 Å². The van der Waals surface area contributed by atoms with E-state index in [2.05, 4.69) is 15.7 Å². The maximum atomic E-state index is 12.5. The van der Waals surface area contributed by atoms with Gasteiger partial charge in [-0.25, -0.2) is 4.79 Å². The van der Waals surface area contributed by atoms with Crippen molar-refractivity contribution in [2.75, 3.05) is 33.7 Å². The first kappa shape index (κ1) is 20.9. The van der Waals surface area contributed by atoms with Crippen molar-refractivity contribution in [2.45, 2.75) is 45.3 Å². The fourth-order valence-corrected chi connectivity index (χ4v) is 4.55. The highest BCUT2D eigenvalue weighted by atomic mass is 35.5. The predicted molar refractivity (Wildman–Crippen MR) is 108 cm³/mol. The van der Waals surface area contributed by atoms with Gasteiger partial charge in [0.25, 0.3) is 0 Å². The number of carbonyl (C=O) groups is 2. The van der Waals surface area contributed by atoms with E-state index in [1.54, 1.807) is 19.0 Å². The average Bonchev–Trinajstić information content (AvgIpc) is 3.27. The van der Waals surface area contributed by atoms with Crippen LogP contribution in [0.25, 0.3) is 0 Å². The molecule has 28 heavy (non-hydrogen) atoms. The highest BCUT2D eigenvalue weighted by Gasteiger charge is 2.57. The Kier molecular flexibility index (Phi) is 6.19. The summed E-state index contributed by atoms with van der Waals surface area (Å²) < 4.78 is 1.98. The van der Waals surface area contributed by atoms with Crippen LogP contribution < -0.4 is 10.6 Å². The number of urea groups is 1. The lowest BCUT2D eigenvalue weighted by atomic mass is 9.92. The van der Waals surface area contributed by atoms with Gasteiger partial charge in [-0.3, -0.25) is 9.48 Å². The van der Waals surface area contributed by atoms with Crippen molar-refractivity contribution in [1.29, 1.82) is 0 Å². The number of amides is 3. The van der Waals surface area contributed by atoms with Gasteiger partial charge in [-0.05, 0) is 50.3 Å². The summed E-state index contributed by atoms with van der Waals surface area (Å²) in [4.78, 5) is 28.3. The summed E-state index contributed by atoms with van der Waals surface area (Å²) in [7, 11) is 3.55. The molecule has 1 aromatic heterocycles. The van der Waals surface area contributed by atoms with Gasteiger partial charge in [-0.15, -0.1) is 12.4 Å². The summed E-state index contributed by atoms with van der Waals surface area (Å²) in [6.45, 7) is 4.63. The van der Waals surface area contributed by atoms with Crippen molar-refractivity contribution in [3.05, 3.63) is 17.5 Å². The fourth-order valence-electron chi connectivity index (χ4n) is 4.55. The van der Waals surface area contributed by atoms with Crippen LogP contribution in [-0.2, 0) is 24.4 Å². The van der Waals surface area contributed by atoms with E-state index < -0.39 is 0 Å². The van der Waals surface area contributed by atoms with Crippen molar-refractivity contribution in [1.82, 2.24) is 30.2 Å². The molecule has 1 saturated carbocycles. The Morgan fingerprint density at radius 2 is 2.07 bits per heavy atom. The zero-order chi connectivity index (χ0) is 19.0. The lowest BCUT2D eigenvalue weighted by molar-refractivity contribution is -0.123. The summed E-state index contributed by atoms with van der Waals surface area (Å²) in [5.41, 5.74) is 2.17. The molecule has 1 saturated heterocycles. The van der Waals surface area contributed by atoms with Crippen molar-refractivity contribution in [3.8, 4) is 0 Å². The Bertz CT molecular complexity index is 728. The van der Waals surface area contributed by atoms with Crippen molar-refractivity contribution < 1.29 is 9.59 Å². The van der Waals surface area contributed by atoms with E-state index in [1.165, 1.54) is 0 Å². The molecular weight excluding hydrogens is 380 g/mol. The number of aromatic nitrogens is 2. The van der Waals surface area contributed by atoms with E-state index in [9.17, 15) is 9.59 Å². The third-order valence-corrected chi connectivity index (χ3v) is 6.27. The largest absolute Gasteiger partial charge is 0.350 e. The molecule has 0 aromatic carbocycles. The van der Waals surface area contributed by atoms with Crippen LogP contribution >= 0.6 is 12.4 Å². The zero-order valence-corrected chi connectivity index (χ0v) is 17.6. The maximum Gasteiger partial charge on any atom is 0.319 e. The summed E-state index contributed by atoms with van der Waals surface area (Å²) in [5, 5.41) is 11.1. The van der Waals surface area contributed by atoms with Crippen LogP contribution in [-0.4, -0.2) is 65.2 Å². The van der Waals surface area contributed by atoms with E-state index in [4.69, 9.17) is 0 Å². The molecule has 1 aromatic rings. The van der Waals surface area contributed by atoms with Crippen LogP contribution in [0.5, 0.6) is 0 Å². The zero-order valence-electron chi connectivity index (χ0n) is 16.7. The van der Waals surface area contributed by atoms with E-state index >= 15 is 0 Å². The molecule has 3 heterocycles. The van der Waals surface area contributed by atoms with E-state index in [-0.39, 0.29) is 35.7 Å². The minimum Gasteiger partial charge on any atom is -0.350 e. The number of halogens is 1. The van der Waals surface area contributed by atoms with Crippen molar-refractivity contribution >= 4 is 24.3 Å². The monoisotopic (exact) mass is 410 g/mol. The summed E-state index contributed by atoms with van der Waals surface area (Å²) >= 11 is 0. The van der Waals surface area contributed by atoms with Crippen LogP contribution in [0.2, 0.25) is 0 Å². The van der Waals surface area contributed by atoms with Gasteiger partial charge < -0.3 is 20.4 Å². The molecule has 2 aliphatic heterocycles. The molecule has 2 fully saturated rings. The molecule has 0 radical (unpaired) electrons. The molecule has 1 spiro atoms. The molecule has 9 heteroatoms. The van der Waals surface area contributed by atoms with Gasteiger partial charge in [0, 0.05) is 33.1 Å². The second-order valence-corrected chi connectivity index (χ2v) is 8.39. The van der Waals surface area contributed by atoms with Crippen LogP contribution in [0.3, 0.4) is 0 Å². The Morgan fingerprint density at radius 3 is 2.79 bits per heavy atom. The molecular formula is C19H31ClN6O2. The number of rotatable bonds is 3. The number of nitrogens with zero attached hydrogens (tertiary/aromatic N) is 4. The standard InChI is InChI=1S/C19H30N6O2.ClH/c1-23(2)18(27)24-8-3-9-25-15(13-24)10-14(22-25)12-21-17(26)16-11-19(16)4-6-20-7-5-19;/h10,16,20H,3-9,11-13H2,1-2H3,(H,21,26);1H. The van der Waals surface area contributed by atoms with Gasteiger partial charge in [0.1, 0.15) is 0 Å². The number of hydrogen-bond donors (Lipinski definition) is 2. The molecule has 1 unspecified atom stereocenters. The lowest BCUT2D eigenvalue weighted by Gasteiger charge is -2.24. The Hall–Kier alpha value is -1.80. The maximum absolute atomic E-state index is 12.5. The Labute approximate surface area is 172 Å². The molecule has 4 rings (SSSR count). The molecule has 1 atom stereocenters. The number of nitrogens with one attached hydrogen (secondary N) is 2. The second kappa shape index (κ2) is 8.29. The molecule has 156 valence electrons. The van der Waals surface area contributed by atoms with Gasteiger partial charge in [0.2, 0.25) is 5.91 Å². The third kappa shape index (κ3) is 4.12. The smallest absolute Gasteiger partial charge is 0.319 e. The lowest BCUT2D eigenvalue weighted by Crippen LogP contribution is -2.38. The van der Waals surface area contributed by atoms with E-state index in [1.807, 2.05) is 15.6 Å². The second-order valence-electron chi connectivity index (χ2n) is 8.39. The van der Waals surface area contributed by atoms with Crippen LogP contribution in [0.1, 0.15) is 37.1 Å². The topological polar surface area (TPSA) is 82.5 Å². The van der Waals surface area contributed by atoms with Gasteiger partial charge in [-0.2, -0.15) is 5.10 Å². The average molecular weight is 411 g/mol. The normalized spacial score (nSPS) is 22.6. The number of hydrogen-bond acceptors (Lipinski definition) is 4.